The zero-order chi connectivity index (χ0) is 12.3. The lowest BCUT2D eigenvalue weighted by molar-refractivity contribution is -0.139. The van der Waals surface area contributed by atoms with Crippen LogP contribution in [0.2, 0.25) is 0 Å². The Hall–Kier alpha value is -1.36. The molecule has 1 aliphatic rings. The van der Waals surface area contributed by atoms with Crippen LogP contribution in [-0.4, -0.2) is 28.1 Å². The van der Waals surface area contributed by atoms with Crippen LogP contribution < -0.4 is 5.32 Å². The van der Waals surface area contributed by atoms with Gasteiger partial charge in [0.15, 0.2) is 0 Å². The molecule has 17 heavy (non-hydrogen) atoms. The maximum absolute atomic E-state index is 11.7. The summed E-state index contributed by atoms with van der Waals surface area (Å²) in [5.41, 5.74) is 0.822. The zero-order valence-electron chi connectivity index (χ0n) is 10.3. The van der Waals surface area contributed by atoms with Gasteiger partial charge in [0.2, 0.25) is 5.91 Å². The predicted molar refractivity (Wildman–Crippen MR) is 63.4 cm³/mol. The summed E-state index contributed by atoms with van der Waals surface area (Å²) in [5.74, 6) is -0.0831. The molecule has 1 atom stereocenters. The van der Waals surface area contributed by atoms with Gasteiger partial charge in [-0.3, -0.25) is 4.79 Å². The lowest BCUT2D eigenvalue weighted by Gasteiger charge is -2.37. The number of H-pyrrole nitrogens is 1. The molecule has 1 aliphatic carbocycles. The Morgan fingerprint density at radius 3 is 3.00 bits per heavy atom. The number of nitrogens with one attached hydrogen (secondary N) is 2. The van der Waals surface area contributed by atoms with Gasteiger partial charge in [0.1, 0.15) is 6.61 Å². The van der Waals surface area contributed by atoms with Gasteiger partial charge in [-0.25, -0.2) is 4.98 Å². The van der Waals surface area contributed by atoms with Crippen LogP contribution in [0.5, 0.6) is 0 Å². The van der Waals surface area contributed by atoms with Crippen molar-refractivity contribution >= 4 is 5.91 Å². The van der Waals surface area contributed by atoms with Crippen LogP contribution in [0.4, 0.5) is 0 Å². The van der Waals surface area contributed by atoms with E-state index in [1.807, 2.05) is 6.92 Å². The molecule has 1 aromatic rings. The van der Waals surface area contributed by atoms with Crippen LogP contribution in [0.3, 0.4) is 0 Å². The number of carbonyl (C=O) groups excluding carboxylic acids is 1. The Kier molecular flexibility index (Phi) is 3.47. The smallest absolute Gasteiger partial charge is 0.246 e. The second kappa shape index (κ2) is 4.87. The standard InChI is InChI=1S/C12H19N3O2/c1-9(10-6-13-8-14-10)15-11(16)7-17-12(2)4-3-5-12/h6,8-9H,3-5,7H2,1-2H3,(H,13,14)(H,15,16). The molecule has 94 valence electrons. The highest BCUT2D eigenvalue weighted by Gasteiger charge is 2.33. The summed E-state index contributed by atoms with van der Waals surface area (Å²) >= 11 is 0. The molecule has 1 fully saturated rings. The van der Waals surface area contributed by atoms with Gasteiger partial charge in [-0.05, 0) is 33.1 Å². The molecule has 1 saturated carbocycles. The molecule has 1 aromatic heterocycles. The second-order valence-corrected chi connectivity index (χ2v) is 4.89. The van der Waals surface area contributed by atoms with Gasteiger partial charge in [-0.1, -0.05) is 0 Å². The summed E-state index contributed by atoms with van der Waals surface area (Å²) in [4.78, 5) is 18.6. The molecule has 2 rings (SSSR count). The molecule has 0 aromatic carbocycles. The quantitative estimate of drug-likeness (QED) is 0.816. The highest BCUT2D eigenvalue weighted by atomic mass is 16.5. The summed E-state index contributed by atoms with van der Waals surface area (Å²) in [5, 5.41) is 2.87. The molecule has 1 heterocycles. The molecule has 5 nitrogen and oxygen atoms in total. The second-order valence-electron chi connectivity index (χ2n) is 4.89. The van der Waals surface area contributed by atoms with Crippen LogP contribution in [0.15, 0.2) is 12.5 Å². The largest absolute Gasteiger partial charge is 0.365 e. The first-order valence-electron chi connectivity index (χ1n) is 6.01. The lowest BCUT2D eigenvalue weighted by Crippen LogP contribution is -2.40. The number of aromatic amines is 1. The molecule has 0 spiro atoms. The highest BCUT2D eigenvalue weighted by molar-refractivity contribution is 5.77. The fourth-order valence-electron chi connectivity index (χ4n) is 1.92. The molecule has 1 unspecified atom stereocenters. The van der Waals surface area contributed by atoms with Gasteiger partial charge in [0.05, 0.1) is 29.9 Å². The maximum atomic E-state index is 11.7. The topological polar surface area (TPSA) is 67.0 Å². The number of imidazole rings is 1. The van der Waals surface area contributed by atoms with E-state index in [9.17, 15) is 4.79 Å². The van der Waals surface area contributed by atoms with Gasteiger partial charge >= 0.3 is 0 Å². The first-order valence-corrected chi connectivity index (χ1v) is 6.01. The van der Waals surface area contributed by atoms with Crippen molar-refractivity contribution in [3.05, 3.63) is 18.2 Å². The van der Waals surface area contributed by atoms with E-state index in [-0.39, 0.29) is 24.2 Å². The van der Waals surface area contributed by atoms with Gasteiger partial charge in [-0.15, -0.1) is 0 Å². The minimum absolute atomic E-state index is 0.0669. The van der Waals surface area contributed by atoms with Crippen molar-refractivity contribution in [2.24, 2.45) is 0 Å². The number of aromatic nitrogens is 2. The Labute approximate surface area is 101 Å². The van der Waals surface area contributed by atoms with Crippen molar-refractivity contribution in [1.29, 1.82) is 0 Å². The number of carbonyl (C=O) groups is 1. The molecular weight excluding hydrogens is 218 g/mol. The van der Waals surface area contributed by atoms with E-state index in [4.69, 9.17) is 4.74 Å². The van der Waals surface area contributed by atoms with Crippen LogP contribution in [0.25, 0.3) is 0 Å². The molecule has 2 N–H and O–H groups in total. The third kappa shape index (κ3) is 3.06. The summed E-state index contributed by atoms with van der Waals surface area (Å²) in [7, 11) is 0. The number of hydrogen-bond donors (Lipinski definition) is 2. The predicted octanol–water partition coefficient (Wildman–Crippen LogP) is 1.55. The van der Waals surface area contributed by atoms with E-state index in [1.54, 1.807) is 12.5 Å². The maximum Gasteiger partial charge on any atom is 0.246 e. The minimum Gasteiger partial charge on any atom is -0.365 e. The molecule has 0 aliphatic heterocycles. The molecule has 0 saturated heterocycles. The average Bonchev–Trinajstić information content (AvgIpc) is 2.77. The number of nitrogens with zero attached hydrogens (tertiary/aromatic N) is 1. The van der Waals surface area contributed by atoms with E-state index in [2.05, 4.69) is 22.2 Å². The Morgan fingerprint density at radius 2 is 2.47 bits per heavy atom. The molecule has 0 radical (unpaired) electrons. The zero-order valence-corrected chi connectivity index (χ0v) is 10.3. The fraction of sp³-hybridized carbons (Fsp3) is 0.667. The van der Waals surface area contributed by atoms with Crippen molar-refractivity contribution < 1.29 is 9.53 Å². The monoisotopic (exact) mass is 237 g/mol. The highest BCUT2D eigenvalue weighted by Crippen LogP contribution is 2.34. The number of amides is 1. The van der Waals surface area contributed by atoms with Gasteiger partial charge in [0, 0.05) is 0 Å². The van der Waals surface area contributed by atoms with E-state index < -0.39 is 0 Å². The normalized spacial score (nSPS) is 19.4. The van der Waals surface area contributed by atoms with Crippen molar-refractivity contribution in [3.63, 3.8) is 0 Å². The lowest BCUT2D eigenvalue weighted by atomic mass is 9.82. The first kappa shape index (κ1) is 12.1. The minimum atomic E-state index is -0.0831. The number of hydrogen-bond acceptors (Lipinski definition) is 3. The molecule has 0 bridgehead atoms. The van der Waals surface area contributed by atoms with Crippen LogP contribution in [-0.2, 0) is 9.53 Å². The Morgan fingerprint density at radius 1 is 1.71 bits per heavy atom. The SMILES string of the molecule is CC(NC(=O)COC1(C)CCC1)c1cnc[nH]1. The van der Waals surface area contributed by atoms with Crippen molar-refractivity contribution in [2.45, 2.75) is 44.8 Å². The van der Waals surface area contributed by atoms with Crippen LogP contribution >= 0.6 is 0 Å². The Bertz CT molecular complexity index is 371. The summed E-state index contributed by atoms with van der Waals surface area (Å²) in [6.45, 7) is 4.10. The van der Waals surface area contributed by atoms with Crippen molar-refractivity contribution in [3.8, 4) is 0 Å². The first-order chi connectivity index (χ1) is 8.09. The number of ether oxygens (including phenoxy) is 1. The third-order valence-corrected chi connectivity index (χ3v) is 3.33. The van der Waals surface area contributed by atoms with Gasteiger partial charge < -0.3 is 15.0 Å². The number of rotatable bonds is 5. The van der Waals surface area contributed by atoms with Gasteiger partial charge in [-0.2, -0.15) is 0 Å². The van der Waals surface area contributed by atoms with Crippen molar-refractivity contribution in [2.75, 3.05) is 6.61 Å². The fourth-order valence-corrected chi connectivity index (χ4v) is 1.92. The van der Waals surface area contributed by atoms with Crippen molar-refractivity contribution in [1.82, 2.24) is 15.3 Å². The van der Waals surface area contributed by atoms with E-state index in [0.29, 0.717) is 0 Å². The van der Waals surface area contributed by atoms with E-state index in [0.717, 1.165) is 18.5 Å². The molecule has 5 heteroatoms. The van der Waals surface area contributed by atoms with Crippen LogP contribution in [0, 0.1) is 0 Å². The van der Waals surface area contributed by atoms with Gasteiger partial charge in [0.25, 0.3) is 0 Å². The van der Waals surface area contributed by atoms with E-state index in [1.165, 1.54) is 6.42 Å². The summed E-state index contributed by atoms with van der Waals surface area (Å²) in [6, 6.07) is -0.0669. The summed E-state index contributed by atoms with van der Waals surface area (Å²) < 4.78 is 5.61. The average molecular weight is 237 g/mol. The Balaban J connectivity index is 1.73. The summed E-state index contributed by atoms with van der Waals surface area (Å²) in [6.07, 6.45) is 6.61. The molecular formula is C12H19N3O2. The molecule has 1 amide bonds. The van der Waals surface area contributed by atoms with Crippen LogP contribution in [0.1, 0.15) is 44.8 Å². The van der Waals surface area contributed by atoms with E-state index >= 15 is 0 Å². The third-order valence-electron chi connectivity index (χ3n) is 3.33.